The van der Waals surface area contributed by atoms with Crippen LogP contribution in [0.4, 0.5) is 0 Å². The van der Waals surface area contributed by atoms with Gasteiger partial charge in [0.15, 0.2) is 0 Å². The highest BCUT2D eigenvalue weighted by atomic mass is 32.2. The maximum atomic E-state index is 12.9. The molecule has 2 aromatic rings. The Kier molecular flexibility index (Phi) is 7.43. The van der Waals surface area contributed by atoms with E-state index in [0.717, 1.165) is 16.3 Å². The fourth-order valence-corrected chi connectivity index (χ4v) is 4.11. The molecule has 0 saturated heterocycles. The van der Waals surface area contributed by atoms with Gasteiger partial charge in [0.25, 0.3) is 5.91 Å². The monoisotopic (exact) mass is 418 g/mol. The van der Waals surface area contributed by atoms with Gasteiger partial charge < -0.3 is 10.1 Å². The number of hydrogen-bond acceptors (Lipinski definition) is 4. The molecule has 0 aromatic heterocycles. The summed E-state index contributed by atoms with van der Waals surface area (Å²) in [5.74, 6) is 0.0293. The summed E-state index contributed by atoms with van der Waals surface area (Å²) >= 11 is 0. The lowest BCUT2D eigenvalue weighted by atomic mass is 9.94. The number of hydrogen-bond donors (Lipinski definition) is 1. The Labute approximate surface area is 173 Å². The summed E-state index contributed by atoms with van der Waals surface area (Å²) in [5.41, 5.74) is 2.51. The zero-order chi connectivity index (χ0) is 21.8. The summed E-state index contributed by atoms with van der Waals surface area (Å²) in [6, 6.07) is 12.4. The lowest BCUT2D eigenvalue weighted by Gasteiger charge is -2.23. The van der Waals surface area contributed by atoms with Gasteiger partial charge in [0.05, 0.1) is 13.2 Å². The Balaban J connectivity index is 2.37. The van der Waals surface area contributed by atoms with Crippen LogP contribution in [0, 0.1) is 5.92 Å². The molecule has 0 spiro atoms. The van der Waals surface area contributed by atoms with Crippen molar-refractivity contribution in [3.63, 3.8) is 0 Å². The minimum atomic E-state index is -3.75. The number of rotatable bonds is 8. The molecule has 2 aromatic carbocycles. The van der Waals surface area contributed by atoms with Crippen molar-refractivity contribution < 1.29 is 17.9 Å². The second-order valence-corrected chi connectivity index (χ2v) is 9.56. The van der Waals surface area contributed by atoms with Gasteiger partial charge in [-0.05, 0) is 41.7 Å². The van der Waals surface area contributed by atoms with Crippen LogP contribution in [0.2, 0.25) is 0 Å². The number of carbonyl (C=O) groups is 1. The van der Waals surface area contributed by atoms with Gasteiger partial charge in [-0.3, -0.25) is 4.79 Å². The van der Waals surface area contributed by atoms with Crippen molar-refractivity contribution >= 4 is 15.9 Å². The third-order valence-electron chi connectivity index (χ3n) is 4.88. The van der Waals surface area contributed by atoms with E-state index in [4.69, 9.17) is 4.74 Å². The molecular formula is C22H30N2O4S. The molecule has 7 heteroatoms. The summed E-state index contributed by atoms with van der Waals surface area (Å²) in [7, 11) is 0.531. The fraction of sp³-hybridized carbons (Fsp3) is 0.409. The van der Waals surface area contributed by atoms with Gasteiger partial charge in [-0.25, -0.2) is 12.7 Å². The first-order chi connectivity index (χ1) is 13.6. The Hall–Kier alpha value is -2.38. The van der Waals surface area contributed by atoms with Crippen LogP contribution >= 0.6 is 0 Å². The van der Waals surface area contributed by atoms with Gasteiger partial charge in [-0.2, -0.15) is 0 Å². The molecule has 0 aliphatic rings. The number of nitrogens with one attached hydrogen (secondary N) is 1. The lowest BCUT2D eigenvalue weighted by Crippen LogP contribution is -2.32. The molecule has 6 nitrogen and oxygen atoms in total. The molecule has 1 amide bonds. The molecule has 2 rings (SSSR count). The van der Waals surface area contributed by atoms with E-state index < -0.39 is 10.0 Å². The van der Waals surface area contributed by atoms with Gasteiger partial charge in [0.1, 0.15) is 10.6 Å². The van der Waals surface area contributed by atoms with Crippen LogP contribution in [0.3, 0.4) is 0 Å². The molecule has 158 valence electrons. The predicted molar refractivity (Wildman–Crippen MR) is 115 cm³/mol. The SMILES string of the molecule is CCc1ccc(C(NC(=O)c2ccc(OC)c(S(=O)(=O)N(C)C)c2)C(C)C)cc1. The summed E-state index contributed by atoms with van der Waals surface area (Å²) < 4.78 is 31.5. The van der Waals surface area contributed by atoms with Gasteiger partial charge in [-0.15, -0.1) is 0 Å². The molecule has 29 heavy (non-hydrogen) atoms. The van der Waals surface area contributed by atoms with E-state index in [9.17, 15) is 13.2 Å². The molecule has 0 aliphatic carbocycles. The summed E-state index contributed by atoms with van der Waals surface area (Å²) in [6.07, 6.45) is 0.952. The van der Waals surface area contributed by atoms with Crippen molar-refractivity contribution in [2.75, 3.05) is 21.2 Å². The van der Waals surface area contributed by atoms with E-state index in [1.54, 1.807) is 6.07 Å². The first-order valence-electron chi connectivity index (χ1n) is 9.62. The van der Waals surface area contributed by atoms with E-state index in [-0.39, 0.29) is 34.1 Å². The van der Waals surface area contributed by atoms with Crippen molar-refractivity contribution in [1.29, 1.82) is 0 Å². The number of methoxy groups -OCH3 is 1. The first kappa shape index (κ1) is 22.9. The van der Waals surface area contributed by atoms with Crippen molar-refractivity contribution in [3.05, 3.63) is 59.2 Å². The number of nitrogens with zero attached hydrogens (tertiary/aromatic N) is 1. The van der Waals surface area contributed by atoms with Gasteiger partial charge in [0.2, 0.25) is 10.0 Å². The lowest BCUT2D eigenvalue weighted by molar-refractivity contribution is 0.0925. The topological polar surface area (TPSA) is 75.7 Å². The molecule has 1 atom stereocenters. The Morgan fingerprint density at radius 2 is 1.72 bits per heavy atom. The zero-order valence-corrected chi connectivity index (χ0v) is 18.7. The average molecular weight is 419 g/mol. The second-order valence-electron chi connectivity index (χ2n) is 7.44. The van der Waals surface area contributed by atoms with Crippen molar-refractivity contribution in [2.24, 2.45) is 5.92 Å². The Morgan fingerprint density at radius 1 is 1.10 bits per heavy atom. The fourth-order valence-electron chi connectivity index (χ4n) is 3.04. The highest BCUT2D eigenvalue weighted by Crippen LogP contribution is 2.28. The molecule has 0 radical (unpaired) electrons. The summed E-state index contributed by atoms with van der Waals surface area (Å²) in [5, 5.41) is 3.04. The van der Waals surface area contributed by atoms with Crippen LogP contribution in [0.25, 0.3) is 0 Å². The van der Waals surface area contributed by atoms with E-state index in [2.05, 4.69) is 24.4 Å². The number of sulfonamides is 1. The van der Waals surface area contributed by atoms with Crippen LogP contribution in [0.5, 0.6) is 5.75 Å². The minimum absolute atomic E-state index is 0.0361. The summed E-state index contributed by atoms with van der Waals surface area (Å²) in [4.78, 5) is 12.9. The van der Waals surface area contributed by atoms with Gasteiger partial charge in [0, 0.05) is 19.7 Å². The zero-order valence-electron chi connectivity index (χ0n) is 17.9. The molecule has 0 aliphatic heterocycles. The van der Waals surface area contributed by atoms with E-state index >= 15 is 0 Å². The molecule has 1 N–H and O–H groups in total. The number of ether oxygens (including phenoxy) is 1. The largest absolute Gasteiger partial charge is 0.495 e. The van der Waals surface area contributed by atoms with Crippen LogP contribution in [-0.2, 0) is 16.4 Å². The predicted octanol–water partition coefficient (Wildman–Crippen LogP) is 3.64. The molecule has 0 fully saturated rings. The van der Waals surface area contributed by atoms with Crippen LogP contribution in [0.1, 0.15) is 48.3 Å². The van der Waals surface area contributed by atoms with Gasteiger partial charge in [-0.1, -0.05) is 45.0 Å². The smallest absolute Gasteiger partial charge is 0.251 e. The van der Waals surface area contributed by atoms with E-state index in [1.807, 2.05) is 26.0 Å². The Morgan fingerprint density at radius 3 is 2.21 bits per heavy atom. The molecule has 0 bridgehead atoms. The minimum Gasteiger partial charge on any atom is -0.495 e. The second kappa shape index (κ2) is 9.41. The number of amides is 1. The van der Waals surface area contributed by atoms with Crippen molar-refractivity contribution in [3.8, 4) is 5.75 Å². The standard InChI is InChI=1S/C22H30N2O4S/c1-7-16-8-10-17(11-9-16)21(15(2)3)23-22(25)18-12-13-19(28-6)20(14-18)29(26,27)24(4)5/h8-15,21H,7H2,1-6H3,(H,23,25). The van der Waals surface area contributed by atoms with Crippen molar-refractivity contribution in [2.45, 2.75) is 38.1 Å². The molecular weight excluding hydrogens is 388 g/mol. The highest BCUT2D eigenvalue weighted by Gasteiger charge is 2.25. The van der Waals surface area contributed by atoms with Crippen LogP contribution in [-0.4, -0.2) is 39.8 Å². The number of aryl methyl sites for hydroxylation is 1. The highest BCUT2D eigenvalue weighted by molar-refractivity contribution is 7.89. The number of benzene rings is 2. The normalized spacial score (nSPS) is 12.8. The van der Waals surface area contributed by atoms with Gasteiger partial charge >= 0.3 is 0 Å². The average Bonchev–Trinajstić information content (AvgIpc) is 2.71. The molecule has 1 unspecified atom stereocenters. The number of carbonyl (C=O) groups excluding carboxylic acids is 1. The third-order valence-corrected chi connectivity index (χ3v) is 6.72. The van der Waals surface area contributed by atoms with E-state index in [0.29, 0.717) is 0 Å². The maximum Gasteiger partial charge on any atom is 0.251 e. The van der Waals surface area contributed by atoms with Crippen LogP contribution < -0.4 is 10.1 Å². The first-order valence-corrected chi connectivity index (χ1v) is 11.1. The van der Waals surface area contributed by atoms with Crippen LogP contribution in [0.15, 0.2) is 47.4 Å². The molecule has 0 heterocycles. The third kappa shape index (κ3) is 5.16. The van der Waals surface area contributed by atoms with Crippen molar-refractivity contribution in [1.82, 2.24) is 9.62 Å². The van der Waals surface area contributed by atoms with E-state index in [1.165, 1.54) is 38.9 Å². The molecule has 0 saturated carbocycles. The quantitative estimate of drug-likeness (QED) is 0.710. The maximum absolute atomic E-state index is 12.9. The Bertz CT molecular complexity index is 951. The summed E-state index contributed by atoms with van der Waals surface area (Å²) in [6.45, 7) is 6.17.